The molecule has 5 rings (SSSR count). The molecule has 1 N–H and O–H groups in total. The molecule has 2 aliphatic carbocycles. The van der Waals surface area contributed by atoms with E-state index in [1.165, 1.54) is 21.4 Å². The predicted octanol–water partition coefficient (Wildman–Crippen LogP) is 6.31. The molecule has 0 fully saturated rings. The van der Waals surface area contributed by atoms with E-state index in [0.717, 1.165) is 47.5 Å². The summed E-state index contributed by atoms with van der Waals surface area (Å²) in [6.07, 6.45) is 7.37. The number of aromatic nitrogens is 1. The van der Waals surface area contributed by atoms with Crippen molar-refractivity contribution >= 4 is 27.5 Å². The zero-order valence-corrected chi connectivity index (χ0v) is 20.3. The molecule has 3 aliphatic rings. The summed E-state index contributed by atoms with van der Waals surface area (Å²) in [5.74, 6) is 0.271. The Balaban J connectivity index is 1.85. The van der Waals surface area contributed by atoms with Gasteiger partial charge < -0.3 is 14.6 Å². The van der Waals surface area contributed by atoms with E-state index in [-0.39, 0.29) is 5.92 Å². The van der Waals surface area contributed by atoms with Crippen LogP contribution in [0.25, 0.3) is 10.2 Å². The molecule has 0 amide bonds. The topological polar surface area (TPSA) is 68.7 Å². The summed E-state index contributed by atoms with van der Waals surface area (Å²) in [4.78, 5) is 19.9. The van der Waals surface area contributed by atoms with Gasteiger partial charge in [0, 0.05) is 33.4 Å². The number of hydrogen-bond acceptors (Lipinski definition) is 5. The van der Waals surface area contributed by atoms with Crippen LogP contribution in [0.3, 0.4) is 0 Å². The normalized spacial score (nSPS) is 23.4. The smallest absolute Gasteiger partial charge is 0.337 e. The Morgan fingerprint density at radius 3 is 2.81 bits per heavy atom. The van der Waals surface area contributed by atoms with Crippen LogP contribution in [0.1, 0.15) is 92.2 Å². The summed E-state index contributed by atoms with van der Waals surface area (Å²) in [5, 5.41) is 11.4. The molecule has 0 saturated heterocycles. The third kappa shape index (κ3) is 3.57. The molecule has 2 aromatic rings. The molecule has 6 heteroatoms. The second-order valence-corrected chi connectivity index (χ2v) is 11.4. The maximum atomic E-state index is 12.5. The predicted molar refractivity (Wildman–Crippen MR) is 126 cm³/mol. The van der Waals surface area contributed by atoms with Gasteiger partial charge in [0.1, 0.15) is 10.6 Å². The van der Waals surface area contributed by atoms with Crippen molar-refractivity contribution in [2.24, 2.45) is 0 Å². The number of fused-ring (bicyclic) bond motifs is 2. The van der Waals surface area contributed by atoms with Gasteiger partial charge in [0.15, 0.2) is 6.10 Å². The number of aryl methyl sites for hydroxylation is 2. The summed E-state index contributed by atoms with van der Waals surface area (Å²) in [6.45, 7) is 10.4. The van der Waals surface area contributed by atoms with Crippen molar-refractivity contribution in [3.05, 3.63) is 50.7 Å². The number of pyridine rings is 1. The number of aliphatic carboxylic acids is 1. The van der Waals surface area contributed by atoms with Gasteiger partial charge in [-0.2, -0.15) is 0 Å². The highest BCUT2D eigenvalue weighted by Crippen LogP contribution is 2.51. The number of hydrogen-bond donors (Lipinski definition) is 1. The number of nitrogens with zero attached hydrogens (tertiary/aromatic N) is 1. The standard InChI is InChI=1S/C26H31NO4S/c1-13-9-10-16-17(11-13)30-12-15-7-6-8-18-20(15)22-21(16)19(14(2)27-24(22)32-18)23(25(28)29)31-26(3,4)5/h9,11,15-16,23H,6-8,10,12H2,1-5H3,(H,28,29)/t15?,16?,23-/m0/s1. The number of carboxylic acid groups (broad SMARTS) is 1. The molecule has 0 saturated carbocycles. The van der Waals surface area contributed by atoms with Gasteiger partial charge in [-0.05, 0) is 77.5 Å². The van der Waals surface area contributed by atoms with Crippen LogP contribution in [-0.2, 0) is 20.7 Å². The van der Waals surface area contributed by atoms with E-state index in [1.54, 1.807) is 11.3 Å². The third-order valence-corrected chi connectivity index (χ3v) is 7.89. The van der Waals surface area contributed by atoms with Gasteiger partial charge in [0.05, 0.1) is 12.2 Å². The van der Waals surface area contributed by atoms with Crippen molar-refractivity contribution in [2.75, 3.05) is 6.61 Å². The maximum absolute atomic E-state index is 12.5. The van der Waals surface area contributed by atoms with Crippen molar-refractivity contribution in [3.8, 4) is 0 Å². The fourth-order valence-electron chi connectivity index (χ4n) is 5.48. The van der Waals surface area contributed by atoms with E-state index in [9.17, 15) is 9.90 Å². The monoisotopic (exact) mass is 453 g/mol. The maximum Gasteiger partial charge on any atom is 0.337 e. The van der Waals surface area contributed by atoms with Crippen molar-refractivity contribution < 1.29 is 19.4 Å². The molecule has 0 bridgehead atoms. The quantitative estimate of drug-likeness (QED) is 0.589. The number of thiophene rings is 1. The number of ether oxygens (including phenoxy) is 2. The first-order chi connectivity index (χ1) is 15.1. The van der Waals surface area contributed by atoms with E-state index < -0.39 is 17.7 Å². The van der Waals surface area contributed by atoms with Crippen LogP contribution < -0.4 is 0 Å². The zero-order chi connectivity index (χ0) is 22.8. The molecule has 0 radical (unpaired) electrons. The Hall–Kier alpha value is -2.18. The van der Waals surface area contributed by atoms with Gasteiger partial charge in [-0.25, -0.2) is 9.78 Å². The minimum Gasteiger partial charge on any atom is -0.497 e. The number of carboxylic acids is 1. The van der Waals surface area contributed by atoms with Crippen LogP contribution in [0.2, 0.25) is 0 Å². The molecule has 2 aromatic heterocycles. The Morgan fingerprint density at radius 2 is 2.09 bits per heavy atom. The lowest BCUT2D eigenvalue weighted by Gasteiger charge is -2.35. The van der Waals surface area contributed by atoms with Crippen LogP contribution in [0.5, 0.6) is 0 Å². The second kappa shape index (κ2) is 7.70. The number of carbonyl (C=O) groups is 1. The highest BCUT2D eigenvalue weighted by molar-refractivity contribution is 7.18. The molecule has 3 heterocycles. The molecule has 1 aliphatic heterocycles. The number of rotatable bonds is 3. The summed E-state index contributed by atoms with van der Waals surface area (Å²) in [7, 11) is 0. The molecule has 3 atom stereocenters. The molecular formula is C26H31NO4S. The van der Waals surface area contributed by atoms with Crippen molar-refractivity contribution in [1.29, 1.82) is 0 Å². The lowest BCUT2D eigenvalue weighted by atomic mass is 9.77. The van der Waals surface area contributed by atoms with Gasteiger partial charge >= 0.3 is 5.97 Å². The van der Waals surface area contributed by atoms with Gasteiger partial charge in [-0.1, -0.05) is 11.6 Å². The van der Waals surface area contributed by atoms with E-state index in [1.807, 2.05) is 27.7 Å². The first kappa shape index (κ1) is 21.7. The minimum absolute atomic E-state index is 0.0232. The Labute approximate surface area is 193 Å². The van der Waals surface area contributed by atoms with Crippen LogP contribution >= 0.6 is 11.3 Å². The summed E-state index contributed by atoms with van der Waals surface area (Å²) in [6, 6.07) is 0. The van der Waals surface area contributed by atoms with Crippen molar-refractivity contribution in [2.45, 2.75) is 83.8 Å². The van der Waals surface area contributed by atoms with Crippen LogP contribution in [0.4, 0.5) is 0 Å². The van der Waals surface area contributed by atoms with Crippen molar-refractivity contribution in [1.82, 2.24) is 4.98 Å². The van der Waals surface area contributed by atoms with E-state index >= 15 is 0 Å². The van der Waals surface area contributed by atoms with Gasteiger partial charge in [-0.3, -0.25) is 0 Å². The lowest BCUT2D eigenvalue weighted by Crippen LogP contribution is -2.30. The summed E-state index contributed by atoms with van der Waals surface area (Å²) >= 11 is 1.78. The van der Waals surface area contributed by atoms with E-state index in [2.05, 4.69) is 19.1 Å². The fraction of sp³-hybridized carbons (Fsp3) is 0.538. The van der Waals surface area contributed by atoms with Gasteiger partial charge in [-0.15, -0.1) is 11.3 Å². The second-order valence-electron chi connectivity index (χ2n) is 10.3. The first-order valence-corrected chi connectivity index (χ1v) is 12.3. The van der Waals surface area contributed by atoms with E-state index in [4.69, 9.17) is 14.5 Å². The van der Waals surface area contributed by atoms with Gasteiger partial charge in [0.25, 0.3) is 0 Å². The fourth-order valence-corrected chi connectivity index (χ4v) is 6.84. The highest BCUT2D eigenvalue weighted by Gasteiger charge is 2.40. The lowest BCUT2D eigenvalue weighted by molar-refractivity contribution is -0.160. The molecule has 32 heavy (non-hydrogen) atoms. The van der Waals surface area contributed by atoms with Crippen LogP contribution in [0.15, 0.2) is 23.5 Å². The van der Waals surface area contributed by atoms with Crippen LogP contribution in [0, 0.1) is 6.92 Å². The average molecular weight is 454 g/mol. The molecule has 0 spiro atoms. The minimum atomic E-state index is -1.08. The van der Waals surface area contributed by atoms with E-state index in [0.29, 0.717) is 18.1 Å². The Kier molecular flexibility index (Phi) is 5.21. The highest BCUT2D eigenvalue weighted by atomic mass is 32.1. The van der Waals surface area contributed by atoms with Crippen LogP contribution in [-0.4, -0.2) is 28.3 Å². The third-order valence-electron chi connectivity index (χ3n) is 6.73. The average Bonchev–Trinajstić information content (AvgIpc) is 3.06. The Morgan fingerprint density at radius 1 is 1.31 bits per heavy atom. The molecule has 170 valence electrons. The summed E-state index contributed by atoms with van der Waals surface area (Å²) in [5.41, 5.74) is 4.45. The zero-order valence-electron chi connectivity index (χ0n) is 19.4. The summed E-state index contributed by atoms with van der Waals surface area (Å²) < 4.78 is 12.6. The molecule has 0 aromatic carbocycles. The number of allylic oxidation sites excluding steroid dienone is 4. The first-order valence-electron chi connectivity index (χ1n) is 11.5. The molecule has 5 nitrogen and oxygen atoms in total. The largest absolute Gasteiger partial charge is 0.497 e. The van der Waals surface area contributed by atoms with Gasteiger partial charge in [0.2, 0.25) is 0 Å². The molecule has 2 unspecified atom stereocenters. The molecular weight excluding hydrogens is 422 g/mol. The SMILES string of the molecule is CC1=CCC2C(=C1)OCC1CCCc3sc4nc(C)c([C@H](OC(C)(C)C)C(=O)O)c2c4c31. The Bertz CT molecular complexity index is 1170. The van der Waals surface area contributed by atoms with Crippen molar-refractivity contribution in [3.63, 3.8) is 0 Å².